The minimum atomic E-state index is 0.340. The van der Waals surface area contributed by atoms with Crippen molar-refractivity contribution in [2.45, 2.75) is 81.1 Å². The fourth-order valence-corrected chi connectivity index (χ4v) is 9.20. The van der Waals surface area contributed by atoms with Crippen molar-refractivity contribution in [1.29, 1.82) is 0 Å². The number of rotatable bonds is 6. The molecule has 0 heteroatoms. The van der Waals surface area contributed by atoms with Crippen molar-refractivity contribution in [2.75, 3.05) is 0 Å². The SMILES string of the molecule is C=CC(C)(C(C)C1CC1(C)C(C)(C)C)C12C(CC(C)C)C1C1CC13CC32. The van der Waals surface area contributed by atoms with Gasteiger partial charge in [-0.2, -0.15) is 0 Å². The summed E-state index contributed by atoms with van der Waals surface area (Å²) in [6, 6.07) is 0. The summed E-state index contributed by atoms with van der Waals surface area (Å²) in [7, 11) is 0. The van der Waals surface area contributed by atoms with Crippen LogP contribution in [0.15, 0.2) is 12.7 Å². The van der Waals surface area contributed by atoms with Crippen molar-refractivity contribution in [2.24, 2.45) is 68.5 Å². The Hall–Kier alpha value is -0.260. The highest BCUT2D eigenvalue weighted by atomic mass is 15.0. The third-order valence-electron chi connectivity index (χ3n) is 11.4. The zero-order valence-corrected chi connectivity index (χ0v) is 18.7. The molecule has 0 aromatic rings. The Morgan fingerprint density at radius 1 is 1.08 bits per heavy atom. The van der Waals surface area contributed by atoms with Gasteiger partial charge in [0.2, 0.25) is 0 Å². The molecule has 0 heterocycles. The first kappa shape index (κ1) is 17.8. The summed E-state index contributed by atoms with van der Waals surface area (Å²) in [5.41, 5.74) is 2.76. The van der Waals surface area contributed by atoms with Crippen molar-refractivity contribution >= 4 is 0 Å². The van der Waals surface area contributed by atoms with Gasteiger partial charge in [-0.05, 0) is 94.2 Å². The molecule has 0 bridgehead atoms. The lowest BCUT2D eigenvalue weighted by atomic mass is 9.59. The van der Waals surface area contributed by atoms with Crippen LogP contribution >= 0.6 is 0 Å². The number of fused-ring (bicyclic) bond motifs is 3. The van der Waals surface area contributed by atoms with Crippen LogP contribution in [0.4, 0.5) is 0 Å². The average Bonchev–Trinajstić information content (AvgIpc) is 3.36. The Kier molecular flexibility index (Phi) is 3.07. The minimum Gasteiger partial charge on any atom is -0.103 e. The Balaban J connectivity index is 1.48. The van der Waals surface area contributed by atoms with E-state index in [1.807, 2.05) is 0 Å². The van der Waals surface area contributed by atoms with Crippen LogP contribution in [0.25, 0.3) is 0 Å². The molecule has 5 aliphatic carbocycles. The Morgan fingerprint density at radius 3 is 2.23 bits per heavy atom. The van der Waals surface area contributed by atoms with Crippen molar-refractivity contribution in [3.8, 4) is 0 Å². The molecule has 146 valence electrons. The molecule has 5 aliphatic rings. The van der Waals surface area contributed by atoms with E-state index in [9.17, 15) is 0 Å². The molecule has 0 aromatic heterocycles. The molecular formula is C26H42. The lowest BCUT2D eigenvalue weighted by Crippen LogP contribution is -2.40. The van der Waals surface area contributed by atoms with Gasteiger partial charge in [0.25, 0.3) is 0 Å². The van der Waals surface area contributed by atoms with Crippen LogP contribution in [0, 0.1) is 68.5 Å². The van der Waals surface area contributed by atoms with Gasteiger partial charge in [0.05, 0.1) is 0 Å². The standard InChI is InChI=1S/C26H42/c1-10-23(8,16(4)18-12-24(18,9)22(5,6)7)26-17(11-15(2)3)21(26)19-13-25(19)14-20(25)26/h10,15-21H,1,11-14H2,2-9H3. The molecule has 0 aromatic carbocycles. The molecule has 0 aliphatic heterocycles. The molecule has 0 saturated heterocycles. The summed E-state index contributed by atoms with van der Waals surface area (Å²) in [5, 5.41) is 0. The fourth-order valence-electron chi connectivity index (χ4n) is 9.20. The predicted molar refractivity (Wildman–Crippen MR) is 111 cm³/mol. The van der Waals surface area contributed by atoms with E-state index in [1.165, 1.54) is 12.8 Å². The van der Waals surface area contributed by atoms with Crippen molar-refractivity contribution in [3.63, 3.8) is 0 Å². The molecular weight excluding hydrogens is 312 g/mol. The first-order chi connectivity index (χ1) is 11.9. The van der Waals surface area contributed by atoms with Gasteiger partial charge in [0.15, 0.2) is 0 Å². The van der Waals surface area contributed by atoms with Gasteiger partial charge >= 0.3 is 0 Å². The van der Waals surface area contributed by atoms with E-state index in [0.29, 0.717) is 21.7 Å². The zero-order valence-electron chi connectivity index (χ0n) is 18.7. The van der Waals surface area contributed by atoms with Gasteiger partial charge in [-0.1, -0.05) is 61.5 Å². The summed E-state index contributed by atoms with van der Waals surface area (Å²) in [6.45, 7) is 24.6. The molecule has 0 radical (unpaired) electrons. The molecule has 5 fully saturated rings. The van der Waals surface area contributed by atoms with Gasteiger partial charge < -0.3 is 0 Å². The monoisotopic (exact) mass is 354 g/mol. The molecule has 5 saturated carbocycles. The molecule has 0 N–H and O–H groups in total. The second-order valence-electron chi connectivity index (χ2n) is 13.2. The van der Waals surface area contributed by atoms with Crippen molar-refractivity contribution in [1.82, 2.24) is 0 Å². The molecule has 26 heavy (non-hydrogen) atoms. The maximum absolute atomic E-state index is 4.49. The van der Waals surface area contributed by atoms with Gasteiger partial charge in [-0.25, -0.2) is 0 Å². The number of hydrogen-bond acceptors (Lipinski definition) is 0. The summed E-state index contributed by atoms with van der Waals surface area (Å²) in [5.74, 6) is 6.72. The normalized spacial score (nSPS) is 56.1. The molecule has 10 atom stereocenters. The highest BCUT2D eigenvalue weighted by Crippen LogP contribution is 3.01. The highest BCUT2D eigenvalue weighted by molar-refractivity contribution is 5.45. The lowest BCUT2D eigenvalue weighted by Gasteiger charge is -2.45. The van der Waals surface area contributed by atoms with E-state index in [1.54, 1.807) is 12.8 Å². The van der Waals surface area contributed by atoms with E-state index in [4.69, 9.17) is 0 Å². The van der Waals surface area contributed by atoms with E-state index in [2.05, 4.69) is 68.0 Å². The second-order valence-corrected chi connectivity index (χ2v) is 13.2. The van der Waals surface area contributed by atoms with Gasteiger partial charge in [0.1, 0.15) is 0 Å². The topological polar surface area (TPSA) is 0 Å². The summed E-state index contributed by atoms with van der Waals surface area (Å²) in [4.78, 5) is 0. The zero-order chi connectivity index (χ0) is 19.1. The van der Waals surface area contributed by atoms with E-state index < -0.39 is 0 Å². The predicted octanol–water partition coefficient (Wildman–Crippen LogP) is 7.21. The summed E-state index contributed by atoms with van der Waals surface area (Å²) < 4.78 is 0. The quantitative estimate of drug-likeness (QED) is 0.442. The van der Waals surface area contributed by atoms with E-state index >= 15 is 0 Å². The second kappa shape index (κ2) is 4.49. The van der Waals surface area contributed by atoms with Crippen LogP contribution < -0.4 is 0 Å². The smallest absolute Gasteiger partial charge is 0.00559 e. The van der Waals surface area contributed by atoms with Crippen LogP contribution in [0.5, 0.6) is 0 Å². The number of allylic oxidation sites excluding steroid dienone is 1. The van der Waals surface area contributed by atoms with Gasteiger partial charge in [-0.15, -0.1) is 6.58 Å². The molecule has 1 spiro atoms. The third-order valence-corrected chi connectivity index (χ3v) is 11.4. The van der Waals surface area contributed by atoms with Gasteiger partial charge in [-0.3, -0.25) is 0 Å². The van der Waals surface area contributed by atoms with E-state index in [-0.39, 0.29) is 0 Å². The molecule has 0 amide bonds. The van der Waals surface area contributed by atoms with E-state index in [0.717, 1.165) is 46.8 Å². The third kappa shape index (κ3) is 1.67. The number of hydrogen-bond donors (Lipinski definition) is 0. The average molecular weight is 355 g/mol. The maximum atomic E-state index is 4.49. The lowest BCUT2D eigenvalue weighted by molar-refractivity contribution is 0.0585. The van der Waals surface area contributed by atoms with Crippen LogP contribution in [0.3, 0.4) is 0 Å². The Morgan fingerprint density at radius 2 is 1.73 bits per heavy atom. The highest BCUT2D eigenvalue weighted by Gasteiger charge is 2.96. The fraction of sp³-hybridized carbons (Fsp3) is 0.923. The minimum absolute atomic E-state index is 0.340. The first-order valence-electron chi connectivity index (χ1n) is 11.6. The largest absolute Gasteiger partial charge is 0.103 e. The van der Waals surface area contributed by atoms with Crippen LogP contribution in [0.2, 0.25) is 0 Å². The van der Waals surface area contributed by atoms with Crippen molar-refractivity contribution < 1.29 is 0 Å². The summed E-state index contributed by atoms with van der Waals surface area (Å²) >= 11 is 0. The van der Waals surface area contributed by atoms with Crippen LogP contribution in [-0.4, -0.2) is 0 Å². The molecule has 5 rings (SSSR count). The van der Waals surface area contributed by atoms with Crippen LogP contribution in [-0.2, 0) is 0 Å². The maximum Gasteiger partial charge on any atom is -0.00559 e. The van der Waals surface area contributed by atoms with Crippen LogP contribution in [0.1, 0.15) is 81.1 Å². The Bertz CT molecular complexity index is 666. The van der Waals surface area contributed by atoms with Crippen molar-refractivity contribution in [3.05, 3.63) is 12.7 Å². The van der Waals surface area contributed by atoms with Gasteiger partial charge in [0, 0.05) is 0 Å². The summed E-state index contributed by atoms with van der Waals surface area (Å²) in [6.07, 6.45) is 8.51. The molecule has 10 unspecified atom stereocenters. The first-order valence-corrected chi connectivity index (χ1v) is 11.6. The Labute approximate surface area is 162 Å². The molecule has 0 nitrogen and oxygen atoms in total.